The molecule has 0 spiro atoms. The third kappa shape index (κ3) is 5.41. The van der Waals surface area contributed by atoms with Crippen molar-refractivity contribution in [3.63, 3.8) is 0 Å². The average Bonchev–Trinajstić information content (AvgIpc) is 3.27. The Morgan fingerprint density at radius 2 is 1.90 bits per heavy atom. The van der Waals surface area contributed by atoms with Crippen LogP contribution in [0.1, 0.15) is 33.6 Å². The van der Waals surface area contributed by atoms with Crippen LogP contribution in [0.5, 0.6) is 0 Å². The predicted molar refractivity (Wildman–Crippen MR) is 111 cm³/mol. The number of carbonyl (C=O) groups excluding carboxylic acids is 3. The van der Waals surface area contributed by atoms with Gasteiger partial charge in [0.25, 0.3) is 11.8 Å². The minimum absolute atomic E-state index is 0.000118. The molecule has 0 saturated carbocycles. The van der Waals surface area contributed by atoms with Gasteiger partial charge in [-0.05, 0) is 31.0 Å². The Bertz CT molecular complexity index is 859. The molecule has 154 valence electrons. The molecule has 2 heterocycles. The lowest BCUT2D eigenvalue weighted by Gasteiger charge is -2.32. The number of benzene rings is 1. The van der Waals surface area contributed by atoms with E-state index in [2.05, 4.69) is 5.32 Å². The van der Waals surface area contributed by atoms with Crippen LogP contribution in [0.2, 0.25) is 0 Å². The maximum absolute atomic E-state index is 12.8. The summed E-state index contributed by atoms with van der Waals surface area (Å²) in [5.74, 6) is 0.0898. The summed E-state index contributed by atoms with van der Waals surface area (Å²) in [6.45, 7) is 1.17. The molecule has 1 saturated heterocycles. The molecule has 1 aliphatic heterocycles. The highest BCUT2D eigenvalue weighted by atomic mass is 32.2. The van der Waals surface area contributed by atoms with E-state index in [-0.39, 0.29) is 29.5 Å². The summed E-state index contributed by atoms with van der Waals surface area (Å²) in [7, 11) is 3.43. The van der Waals surface area contributed by atoms with E-state index in [9.17, 15) is 14.4 Å². The van der Waals surface area contributed by atoms with Gasteiger partial charge in [-0.3, -0.25) is 14.4 Å². The number of rotatable bonds is 6. The van der Waals surface area contributed by atoms with Crippen LogP contribution in [0.3, 0.4) is 0 Å². The molecule has 1 aromatic heterocycles. The van der Waals surface area contributed by atoms with Crippen molar-refractivity contribution >= 4 is 29.5 Å². The number of carbonyl (C=O) groups is 3. The number of amides is 3. The van der Waals surface area contributed by atoms with Crippen LogP contribution in [-0.2, 0) is 4.79 Å². The van der Waals surface area contributed by atoms with Crippen LogP contribution in [0, 0.1) is 0 Å². The number of piperidine rings is 1. The van der Waals surface area contributed by atoms with Gasteiger partial charge < -0.3 is 19.5 Å². The van der Waals surface area contributed by atoms with Gasteiger partial charge in [0.2, 0.25) is 5.91 Å². The molecule has 0 bridgehead atoms. The summed E-state index contributed by atoms with van der Waals surface area (Å²) in [5.41, 5.74) is 1.12. The highest BCUT2D eigenvalue weighted by molar-refractivity contribution is 8.00. The van der Waals surface area contributed by atoms with Gasteiger partial charge in [-0.15, -0.1) is 11.8 Å². The van der Waals surface area contributed by atoms with Gasteiger partial charge in [-0.1, -0.05) is 12.1 Å². The van der Waals surface area contributed by atoms with Crippen LogP contribution >= 0.6 is 11.8 Å². The molecule has 0 atom stereocenters. The van der Waals surface area contributed by atoms with E-state index in [0.29, 0.717) is 37.1 Å². The van der Waals surface area contributed by atoms with Crippen molar-refractivity contribution in [2.45, 2.75) is 23.8 Å². The summed E-state index contributed by atoms with van der Waals surface area (Å²) in [5, 5.41) is 3.08. The number of hydrogen-bond acceptors (Lipinski definition) is 5. The minimum atomic E-state index is -0.148. The molecule has 2 aromatic rings. The van der Waals surface area contributed by atoms with Gasteiger partial charge in [-0.25, -0.2) is 0 Å². The van der Waals surface area contributed by atoms with Gasteiger partial charge in [0, 0.05) is 38.1 Å². The lowest BCUT2D eigenvalue weighted by Crippen LogP contribution is -2.46. The van der Waals surface area contributed by atoms with E-state index in [0.717, 1.165) is 4.90 Å². The minimum Gasteiger partial charge on any atom is -0.472 e. The normalized spacial score (nSPS) is 14.5. The molecule has 1 aliphatic rings. The van der Waals surface area contributed by atoms with Gasteiger partial charge in [0.15, 0.2) is 0 Å². The first-order valence-corrected chi connectivity index (χ1v) is 10.5. The predicted octanol–water partition coefficient (Wildman–Crippen LogP) is 2.49. The Morgan fingerprint density at radius 3 is 2.55 bits per heavy atom. The molecular weight excluding hydrogens is 390 g/mol. The van der Waals surface area contributed by atoms with E-state index in [4.69, 9.17) is 4.42 Å². The fourth-order valence-corrected chi connectivity index (χ4v) is 4.14. The lowest BCUT2D eigenvalue weighted by molar-refractivity contribution is -0.125. The van der Waals surface area contributed by atoms with Crippen molar-refractivity contribution in [1.82, 2.24) is 15.1 Å². The topological polar surface area (TPSA) is 82.9 Å². The Kier molecular flexibility index (Phi) is 6.98. The summed E-state index contributed by atoms with van der Waals surface area (Å²) in [6, 6.07) is 8.98. The summed E-state index contributed by atoms with van der Waals surface area (Å²) in [6.07, 6.45) is 4.33. The summed E-state index contributed by atoms with van der Waals surface area (Å²) in [4.78, 5) is 41.1. The van der Waals surface area contributed by atoms with Gasteiger partial charge in [0.05, 0.1) is 23.1 Å². The molecule has 7 nitrogen and oxygen atoms in total. The van der Waals surface area contributed by atoms with Crippen molar-refractivity contribution in [3.8, 4) is 0 Å². The van der Waals surface area contributed by atoms with Crippen LogP contribution in [-0.4, -0.2) is 66.5 Å². The Hall–Kier alpha value is -2.74. The van der Waals surface area contributed by atoms with Crippen molar-refractivity contribution in [3.05, 3.63) is 54.0 Å². The molecule has 0 radical (unpaired) electrons. The van der Waals surface area contributed by atoms with Crippen molar-refractivity contribution in [1.29, 1.82) is 0 Å². The van der Waals surface area contributed by atoms with Crippen molar-refractivity contribution < 1.29 is 18.8 Å². The van der Waals surface area contributed by atoms with E-state index < -0.39 is 0 Å². The molecular formula is C21H25N3O4S. The second kappa shape index (κ2) is 9.65. The average molecular weight is 416 g/mol. The Balaban J connectivity index is 1.55. The van der Waals surface area contributed by atoms with Crippen LogP contribution in [0.25, 0.3) is 0 Å². The van der Waals surface area contributed by atoms with Crippen LogP contribution in [0.4, 0.5) is 0 Å². The molecule has 1 aromatic carbocycles. The zero-order valence-electron chi connectivity index (χ0n) is 16.6. The summed E-state index contributed by atoms with van der Waals surface area (Å²) >= 11 is 1.36. The van der Waals surface area contributed by atoms with Gasteiger partial charge in [-0.2, -0.15) is 0 Å². The van der Waals surface area contributed by atoms with Crippen LogP contribution in [0.15, 0.2) is 52.2 Å². The van der Waals surface area contributed by atoms with E-state index in [1.807, 2.05) is 18.2 Å². The molecule has 1 fully saturated rings. The highest BCUT2D eigenvalue weighted by Crippen LogP contribution is 2.23. The van der Waals surface area contributed by atoms with Crippen molar-refractivity contribution in [2.75, 3.05) is 32.9 Å². The number of nitrogens with zero attached hydrogens (tertiary/aromatic N) is 2. The fraction of sp³-hybridized carbons (Fsp3) is 0.381. The van der Waals surface area contributed by atoms with E-state index in [1.165, 1.54) is 29.2 Å². The third-order valence-corrected chi connectivity index (χ3v) is 5.93. The zero-order valence-corrected chi connectivity index (χ0v) is 17.4. The number of likely N-dealkylation sites (tertiary alicyclic amines) is 1. The van der Waals surface area contributed by atoms with E-state index in [1.54, 1.807) is 31.1 Å². The fourth-order valence-electron chi connectivity index (χ4n) is 3.11. The Labute approximate surface area is 174 Å². The maximum Gasteiger partial charge on any atom is 0.257 e. The smallest absolute Gasteiger partial charge is 0.257 e. The Morgan fingerprint density at radius 1 is 1.17 bits per heavy atom. The lowest BCUT2D eigenvalue weighted by atomic mass is 10.0. The molecule has 29 heavy (non-hydrogen) atoms. The first-order chi connectivity index (χ1) is 14.0. The SMILES string of the molecule is CN(C)C(=O)CSc1ccccc1C(=O)NC1CCN(C(=O)c2ccoc2)CC1. The molecule has 3 amide bonds. The second-order valence-electron chi connectivity index (χ2n) is 7.12. The first kappa shape index (κ1) is 21.0. The quantitative estimate of drug-likeness (QED) is 0.733. The molecule has 3 rings (SSSR count). The monoisotopic (exact) mass is 415 g/mol. The van der Waals surface area contributed by atoms with E-state index >= 15 is 0 Å². The molecule has 0 aliphatic carbocycles. The summed E-state index contributed by atoms with van der Waals surface area (Å²) < 4.78 is 4.98. The van der Waals surface area contributed by atoms with Gasteiger partial charge in [0.1, 0.15) is 6.26 Å². The number of nitrogens with one attached hydrogen (secondary N) is 1. The first-order valence-electron chi connectivity index (χ1n) is 9.50. The number of hydrogen-bond donors (Lipinski definition) is 1. The van der Waals surface area contributed by atoms with Crippen LogP contribution < -0.4 is 5.32 Å². The standard InChI is InChI=1S/C21H25N3O4S/c1-23(2)19(25)14-29-18-6-4-3-5-17(18)20(26)22-16-7-10-24(11-8-16)21(27)15-9-12-28-13-15/h3-6,9,12-13,16H,7-8,10-11,14H2,1-2H3,(H,22,26). The van der Waals surface area contributed by atoms with Crippen molar-refractivity contribution in [2.24, 2.45) is 0 Å². The molecule has 8 heteroatoms. The second-order valence-corrected chi connectivity index (χ2v) is 8.14. The van der Waals surface area contributed by atoms with Gasteiger partial charge >= 0.3 is 0 Å². The number of furan rings is 1. The number of thioether (sulfide) groups is 1. The molecule has 1 N–H and O–H groups in total. The maximum atomic E-state index is 12.8. The largest absolute Gasteiger partial charge is 0.472 e. The molecule has 0 unspecified atom stereocenters. The third-order valence-electron chi connectivity index (χ3n) is 4.87. The zero-order chi connectivity index (χ0) is 20.8. The highest BCUT2D eigenvalue weighted by Gasteiger charge is 2.26.